The number of likely N-dealkylation sites (tertiary alicyclic amines) is 1. The Morgan fingerprint density at radius 3 is 2.60 bits per heavy atom. The lowest BCUT2D eigenvalue weighted by atomic mass is 9.89. The van der Waals surface area contributed by atoms with E-state index >= 15 is 0 Å². The van der Waals surface area contributed by atoms with Gasteiger partial charge in [-0.25, -0.2) is 0 Å². The third kappa shape index (κ3) is 2.77. The minimum Gasteiger partial charge on any atom is -0.329 e. The number of hydrogen-bond acceptors (Lipinski definition) is 2. The Balaban J connectivity index is 1.86. The van der Waals surface area contributed by atoms with Gasteiger partial charge in [-0.2, -0.15) is 0 Å². The van der Waals surface area contributed by atoms with Gasteiger partial charge < -0.3 is 5.73 Å². The van der Waals surface area contributed by atoms with E-state index < -0.39 is 0 Å². The molecule has 0 bridgehead atoms. The first-order valence-electron chi connectivity index (χ1n) is 8.25. The summed E-state index contributed by atoms with van der Waals surface area (Å²) >= 11 is 0. The highest BCUT2D eigenvalue weighted by molar-refractivity contribution is 5.36. The minimum absolute atomic E-state index is 0.411. The summed E-state index contributed by atoms with van der Waals surface area (Å²) in [7, 11) is 0. The van der Waals surface area contributed by atoms with Crippen molar-refractivity contribution in [3.05, 3.63) is 35.4 Å². The Labute approximate surface area is 123 Å². The molecule has 1 heterocycles. The maximum absolute atomic E-state index is 6.18. The molecule has 110 valence electrons. The highest BCUT2D eigenvalue weighted by Crippen LogP contribution is 2.44. The molecule has 0 amide bonds. The fourth-order valence-electron chi connectivity index (χ4n) is 3.91. The van der Waals surface area contributed by atoms with Gasteiger partial charge in [0.25, 0.3) is 0 Å². The quantitative estimate of drug-likeness (QED) is 0.906. The van der Waals surface area contributed by atoms with Crippen LogP contribution in [0.5, 0.6) is 0 Å². The third-order valence-electron chi connectivity index (χ3n) is 5.19. The molecule has 3 rings (SSSR count). The molecule has 2 aliphatic rings. The van der Waals surface area contributed by atoms with Crippen molar-refractivity contribution in [1.29, 1.82) is 0 Å². The largest absolute Gasteiger partial charge is 0.329 e. The summed E-state index contributed by atoms with van der Waals surface area (Å²) in [6.45, 7) is 6.69. The number of rotatable bonds is 4. The van der Waals surface area contributed by atoms with Gasteiger partial charge in [-0.15, -0.1) is 0 Å². The average molecular weight is 272 g/mol. The molecule has 2 fully saturated rings. The predicted molar refractivity (Wildman–Crippen MR) is 84.8 cm³/mol. The van der Waals surface area contributed by atoms with E-state index in [-0.39, 0.29) is 0 Å². The van der Waals surface area contributed by atoms with Crippen LogP contribution in [0.2, 0.25) is 0 Å². The molecule has 1 saturated heterocycles. The van der Waals surface area contributed by atoms with Crippen LogP contribution in [0.3, 0.4) is 0 Å². The van der Waals surface area contributed by atoms with Crippen molar-refractivity contribution < 1.29 is 0 Å². The fourth-order valence-corrected chi connectivity index (χ4v) is 3.91. The average Bonchev–Trinajstić information content (AvgIpc) is 3.27. The minimum atomic E-state index is 0.411. The number of nitrogens with zero attached hydrogens (tertiary/aromatic N) is 1. The summed E-state index contributed by atoms with van der Waals surface area (Å²) in [5.74, 6) is 1.66. The lowest BCUT2D eigenvalue weighted by Crippen LogP contribution is -2.45. The second-order valence-corrected chi connectivity index (χ2v) is 6.87. The molecule has 3 unspecified atom stereocenters. The summed E-state index contributed by atoms with van der Waals surface area (Å²) < 4.78 is 0. The molecular weight excluding hydrogens is 244 g/mol. The van der Waals surface area contributed by atoms with Gasteiger partial charge in [0.05, 0.1) is 0 Å². The second kappa shape index (κ2) is 5.87. The predicted octanol–water partition coefficient (Wildman–Crippen LogP) is 3.68. The topological polar surface area (TPSA) is 29.3 Å². The van der Waals surface area contributed by atoms with E-state index in [2.05, 4.69) is 43.0 Å². The maximum atomic E-state index is 6.18. The molecule has 1 aromatic carbocycles. The molecule has 1 aliphatic carbocycles. The molecule has 0 radical (unpaired) electrons. The molecule has 1 saturated carbocycles. The summed E-state index contributed by atoms with van der Waals surface area (Å²) in [5.41, 5.74) is 9.24. The third-order valence-corrected chi connectivity index (χ3v) is 5.19. The molecular formula is C18H28N2. The van der Waals surface area contributed by atoms with Crippen molar-refractivity contribution in [3.63, 3.8) is 0 Å². The van der Waals surface area contributed by atoms with Crippen LogP contribution in [0, 0.1) is 5.92 Å². The van der Waals surface area contributed by atoms with Crippen molar-refractivity contribution in [2.75, 3.05) is 13.1 Å². The van der Waals surface area contributed by atoms with Crippen molar-refractivity contribution in [1.82, 2.24) is 4.90 Å². The fraction of sp³-hybridized carbons (Fsp3) is 0.667. The van der Waals surface area contributed by atoms with Crippen LogP contribution in [0.25, 0.3) is 0 Å². The van der Waals surface area contributed by atoms with Crippen LogP contribution in [0.1, 0.15) is 62.6 Å². The van der Waals surface area contributed by atoms with E-state index in [1.165, 1.54) is 37.8 Å². The van der Waals surface area contributed by atoms with E-state index in [9.17, 15) is 0 Å². The van der Waals surface area contributed by atoms with Gasteiger partial charge in [0.2, 0.25) is 0 Å². The molecule has 3 atom stereocenters. The van der Waals surface area contributed by atoms with Crippen LogP contribution in [0.4, 0.5) is 0 Å². The molecule has 0 aromatic heterocycles. The summed E-state index contributed by atoms with van der Waals surface area (Å²) in [6.07, 6.45) is 5.34. The lowest BCUT2D eigenvalue weighted by molar-refractivity contribution is 0.0843. The van der Waals surface area contributed by atoms with E-state index in [0.717, 1.165) is 18.4 Å². The Morgan fingerprint density at radius 1 is 1.20 bits per heavy atom. The molecule has 0 spiro atoms. The summed E-state index contributed by atoms with van der Waals surface area (Å²) in [5, 5.41) is 0. The molecule has 20 heavy (non-hydrogen) atoms. The zero-order chi connectivity index (χ0) is 14.1. The highest BCUT2D eigenvalue weighted by atomic mass is 15.2. The van der Waals surface area contributed by atoms with Gasteiger partial charge in [-0.3, -0.25) is 4.90 Å². The van der Waals surface area contributed by atoms with Crippen molar-refractivity contribution in [3.8, 4) is 0 Å². The van der Waals surface area contributed by atoms with Crippen LogP contribution in [-0.4, -0.2) is 24.0 Å². The van der Waals surface area contributed by atoms with Gasteiger partial charge in [-0.1, -0.05) is 31.2 Å². The van der Waals surface area contributed by atoms with Gasteiger partial charge in [-0.05, 0) is 62.1 Å². The number of benzene rings is 1. The van der Waals surface area contributed by atoms with Gasteiger partial charge in [0.1, 0.15) is 0 Å². The first-order valence-corrected chi connectivity index (χ1v) is 8.25. The molecule has 1 aromatic rings. The van der Waals surface area contributed by atoms with Crippen LogP contribution in [0.15, 0.2) is 24.3 Å². The molecule has 2 heteroatoms. The molecule has 1 aliphatic heterocycles. The van der Waals surface area contributed by atoms with Crippen LogP contribution < -0.4 is 5.73 Å². The molecule has 2 N–H and O–H groups in total. The lowest BCUT2D eigenvalue weighted by Gasteiger charge is -2.42. The Bertz CT molecular complexity index is 452. The number of hydrogen-bond donors (Lipinski definition) is 1. The van der Waals surface area contributed by atoms with Crippen molar-refractivity contribution in [2.45, 2.75) is 57.5 Å². The Morgan fingerprint density at radius 2 is 1.95 bits per heavy atom. The standard InChI is InChI=1S/C18H28N2/c1-13-9-10-20(14(2)11-13)18(12-19)17-6-4-3-5-16(17)15-7-8-15/h3-6,13-15,18H,7-12,19H2,1-2H3. The van der Waals surface area contributed by atoms with Crippen molar-refractivity contribution >= 4 is 0 Å². The SMILES string of the molecule is CC1CCN(C(CN)c2ccccc2C2CC2)C(C)C1. The highest BCUT2D eigenvalue weighted by Gasteiger charge is 2.33. The Hall–Kier alpha value is -0.860. The van der Waals surface area contributed by atoms with E-state index in [1.807, 2.05) is 0 Å². The van der Waals surface area contributed by atoms with Gasteiger partial charge >= 0.3 is 0 Å². The van der Waals surface area contributed by atoms with Gasteiger partial charge in [0.15, 0.2) is 0 Å². The second-order valence-electron chi connectivity index (χ2n) is 6.87. The zero-order valence-corrected chi connectivity index (χ0v) is 12.9. The zero-order valence-electron chi connectivity index (χ0n) is 12.9. The van der Waals surface area contributed by atoms with E-state index in [0.29, 0.717) is 12.1 Å². The van der Waals surface area contributed by atoms with Crippen LogP contribution in [-0.2, 0) is 0 Å². The smallest absolute Gasteiger partial charge is 0.0476 e. The normalized spacial score (nSPS) is 29.4. The first-order chi connectivity index (χ1) is 9.70. The van der Waals surface area contributed by atoms with E-state index in [4.69, 9.17) is 5.73 Å². The van der Waals surface area contributed by atoms with Gasteiger partial charge in [0, 0.05) is 18.6 Å². The summed E-state index contributed by atoms with van der Waals surface area (Å²) in [4.78, 5) is 2.65. The monoisotopic (exact) mass is 272 g/mol. The number of piperidine rings is 1. The van der Waals surface area contributed by atoms with Crippen LogP contribution >= 0.6 is 0 Å². The van der Waals surface area contributed by atoms with E-state index in [1.54, 1.807) is 5.56 Å². The first kappa shape index (κ1) is 14.1. The maximum Gasteiger partial charge on any atom is 0.0476 e. The number of nitrogens with two attached hydrogens (primary N) is 1. The van der Waals surface area contributed by atoms with Crippen molar-refractivity contribution in [2.24, 2.45) is 11.7 Å². The summed E-state index contributed by atoms with van der Waals surface area (Å²) in [6, 6.07) is 10.1. The Kier molecular flexibility index (Phi) is 4.13. The molecule has 2 nitrogen and oxygen atoms in total.